The molecule has 22 heavy (non-hydrogen) atoms. The zero-order valence-corrected chi connectivity index (χ0v) is 13.5. The van der Waals surface area contributed by atoms with Gasteiger partial charge < -0.3 is 15.4 Å². The molecule has 0 aliphatic heterocycles. The molecule has 0 spiro atoms. The lowest BCUT2D eigenvalue weighted by Gasteiger charge is -2.09. The van der Waals surface area contributed by atoms with E-state index in [9.17, 15) is 9.59 Å². The van der Waals surface area contributed by atoms with E-state index in [-0.39, 0.29) is 18.4 Å². The fraction of sp³-hybridized carbons (Fsp3) is 0.125. The third kappa shape index (κ3) is 4.60. The minimum Gasteiger partial charge on any atom is -0.484 e. The van der Waals surface area contributed by atoms with Gasteiger partial charge in [0.05, 0.1) is 0 Å². The summed E-state index contributed by atoms with van der Waals surface area (Å²) in [5.41, 5.74) is 1.03. The molecule has 5 nitrogen and oxygen atoms in total. The molecule has 0 saturated heterocycles. The van der Waals surface area contributed by atoms with Crippen molar-refractivity contribution >= 4 is 33.4 Å². The van der Waals surface area contributed by atoms with Crippen LogP contribution in [0.25, 0.3) is 0 Å². The number of hydrogen-bond acceptors (Lipinski definition) is 3. The van der Waals surface area contributed by atoms with Crippen molar-refractivity contribution in [3.05, 3.63) is 58.6 Å². The first kappa shape index (κ1) is 16.0. The van der Waals surface area contributed by atoms with E-state index in [1.807, 2.05) is 12.1 Å². The molecule has 0 aliphatic carbocycles. The zero-order valence-electron chi connectivity index (χ0n) is 11.9. The highest BCUT2D eigenvalue weighted by atomic mass is 79.9. The molecular formula is C16H15BrN2O3. The maximum atomic E-state index is 11.9. The van der Waals surface area contributed by atoms with Crippen LogP contribution in [0.4, 0.5) is 5.69 Å². The third-order valence-electron chi connectivity index (χ3n) is 2.80. The van der Waals surface area contributed by atoms with Crippen LogP contribution < -0.4 is 15.4 Å². The van der Waals surface area contributed by atoms with Gasteiger partial charge in [0.25, 0.3) is 11.8 Å². The highest BCUT2D eigenvalue weighted by Crippen LogP contribution is 2.17. The summed E-state index contributed by atoms with van der Waals surface area (Å²) >= 11 is 3.33. The van der Waals surface area contributed by atoms with Crippen molar-refractivity contribution in [2.24, 2.45) is 0 Å². The number of ether oxygens (including phenoxy) is 1. The van der Waals surface area contributed by atoms with Crippen LogP contribution in [0.2, 0.25) is 0 Å². The predicted octanol–water partition coefficient (Wildman–Crippen LogP) is 2.83. The predicted molar refractivity (Wildman–Crippen MR) is 88.1 cm³/mol. The van der Waals surface area contributed by atoms with E-state index in [4.69, 9.17) is 4.74 Å². The monoisotopic (exact) mass is 362 g/mol. The summed E-state index contributed by atoms with van der Waals surface area (Å²) in [4.78, 5) is 23.4. The SMILES string of the molecule is CNC(=O)c1cccc(NC(=O)COc2cccc(Br)c2)c1. The molecule has 2 rings (SSSR count). The minimum atomic E-state index is -0.297. The Hall–Kier alpha value is -2.34. The molecular weight excluding hydrogens is 348 g/mol. The van der Waals surface area contributed by atoms with Gasteiger partial charge in [0.2, 0.25) is 0 Å². The number of hydrogen-bond donors (Lipinski definition) is 2. The molecule has 0 radical (unpaired) electrons. The Morgan fingerprint density at radius 3 is 2.64 bits per heavy atom. The lowest BCUT2D eigenvalue weighted by molar-refractivity contribution is -0.118. The second-order valence-corrected chi connectivity index (χ2v) is 5.37. The van der Waals surface area contributed by atoms with Gasteiger partial charge in [-0.15, -0.1) is 0 Å². The van der Waals surface area contributed by atoms with Gasteiger partial charge in [-0.05, 0) is 36.4 Å². The fourth-order valence-corrected chi connectivity index (χ4v) is 2.16. The Morgan fingerprint density at radius 1 is 1.14 bits per heavy atom. The normalized spacial score (nSPS) is 9.91. The maximum absolute atomic E-state index is 11.9. The van der Waals surface area contributed by atoms with Crippen LogP contribution in [-0.4, -0.2) is 25.5 Å². The van der Waals surface area contributed by atoms with Crippen LogP contribution in [0.5, 0.6) is 5.75 Å². The van der Waals surface area contributed by atoms with Gasteiger partial charge in [-0.3, -0.25) is 9.59 Å². The Bertz CT molecular complexity index is 689. The molecule has 0 atom stereocenters. The van der Waals surface area contributed by atoms with E-state index >= 15 is 0 Å². The van der Waals surface area contributed by atoms with Crippen molar-refractivity contribution < 1.29 is 14.3 Å². The van der Waals surface area contributed by atoms with Gasteiger partial charge in [-0.2, -0.15) is 0 Å². The number of benzene rings is 2. The fourth-order valence-electron chi connectivity index (χ4n) is 1.79. The molecule has 0 aromatic heterocycles. The van der Waals surface area contributed by atoms with Crippen molar-refractivity contribution in [2.75, 3.05) is 19.0 Å². The van der Waals surface area contributed by atoms with Crippen LogP contribution in [0.3, 0.4) is 0 Å². The molecule has 114 valence electrons. The summed E-state index contributed by atoms with van der Waals surface area (Å²) in [5, 5.41) is 5.22. The third-order valence-corrected chi connectivity index (χ3v) is 3.29. The van der Waals surface area contributed by atoms with Gasteiger partial charge in [-0.25, -0.2) is 0 Å². The number of anilines is 1. The average Bonchev–Trinajstić information content (AvgIpc) is 2.52. The topological polar surface area (TPSA) is 67.4 Å². The molecule has 0 bridgehead atoms. The molecule has 2 amide bonds. The molecule has 0 saturated carbocycles. The number of nitrogens with one attached hydrogen (secondary N) is 2. The first-order valence-corrected chi connectivity index (χ1v) is 7.38. The van der Waals surface area contributed by atoms with Crippen LogP contribution in [0.15, 0.2) is 53.0 Å². The van der Waals surface area contributed by atoms with Crippen LogP contribution in [0.1, 0.15) is 10.4 Å². The van der Waals surface area contributed by atoms with E-state index < -0.39 is 0 Å². The highest BCUT2D eigenvalue weighted by Gasteiger charge is 2.07. The Balaban J connectivity index is 1.93. The summed E-state index contributed by atoms with van der Waals surface area (Å²) in [7, 11) is 1.55. The van der Waals surface area contributed by atoms with Crippen molar-refractivity contribution in [3.63, 3.8) is 0 Å². The van der Waals surface area contributed by atoms with Crippen molar-refractivity contribution in [3.8, 4) is 5.75 Å². The van der Waals surface area contributed by atoms with Crippen LogP contribution in [-0.2, 0) is 4.79 Å². The number of carbonyl (C=O) groups is 2. The average molecular weight is 363 g/mol. The van der Waals surface area contributed by atoms with Crippen LogP contribution in [0, 0.1) is 0 Å². The van der Waals surface area contributed by atoms with Gasteiger partial charge in [0.1, 0.15) is 5.75 Å². The Morgan fingerprint density at radius 2 is 1.91 bits per heavy atom. The molecule has 0 unspecified atom stereocenters. The first-order valence-electron chi connectivity index (χ1n) is 6.59. The number of carbonyl (C=O) groups excluding carboxylic acids is 2. The summed E-state index contributed by atoms with van der Waals surface area (Å²) in [6.45, 7) is -0.110. The standard InChI is InChI=1S/C16H15BrN2O3/c1-18-16(21)11-4-2-6-13(8-11)19-15(20)10-22-14-7-3-5-12(17)9-14/h2-9H,10H2,1H3,(H,18,21)(H,19,20). The molecule has 2 aromatic rings. The van der Waals surface area contributed by atoms with Crippen LogP contribution >= 0.6 is 15.9 Å². The van der Waals surface area contributed by atoms with E-state index in [0.29, 0.717) is 17.0 Å². The summed E-state index contributed by atoms with van der Waals surface area (Å²) in [5.74, 6) is 0.0964. The largest absolute Gasteiger partial charge is 0.484 e. The lowest BCUT2D eigenvalue weighted by atomic mass is 10.2. The van der Waals surface area contributed by atoms with Crippen molar-refractivity contribution in [1.29, 1.82) is 0 Å². The second kappa shape index (κ2) is 7.61. The van der Waals surface area contributed by atoms with Gasteiger partial charge in [0, 0.05) is 22.8 Å². The van der Waals surface area contributed by atoms with E-state index in [2.05, 4.69) is 26.6 Å². The molecule has 6 heteroatoms. The van der Waals surface area contributed by atoms with E-state index in [1.54, 1.807) is 43.4 Å². The Labute approximate surface area is 136 Å². The van der Waals surface area contributed by atoms with Gasteiger partial charge >= 0.3 is 0 Å². The molecule has 0 fully saturated rings. The van der Waals surface area contributed by atoms with Crippen molar-refractivity contribution in [2.45, 2.75) is 0 Å². The van der Waals surface area contributed by atoms with Gasteiger partial charge in [-0.1, -0.05) is 28.1 Å². The summed E-state index contributed by atoms with van der Waals surface area (Å²) < 4.78 is 6.28. The first-order chi connectivity index (χ1) is 10.6. The summed E-state index contributed by atoms with van der Waals surface area (Å²) in [6, 6.07) is 13.9. The lowest BCUT2D eigenvalue weighted by Crippen LogP contribution is -2.21. The number of halogens is 1. The van der Waals surface area contributed by atoms with E-state index in [1.165, 1.54) is 0 Å². The van der Waals surface area contributed by atoms with Crippen molar-refractivity contribution in [1.82, 2.24) is 5.32 Å². The molecule has 0 heterocycles. The second-order valence-electron chi connectivity index (χ2n) is 4.45. The van der Waals surface area contributed by atoms with Gasteiger partial charge in [0.15, 0.2) is 6.61 Å². The van der Waals surface area contributed by atoms with E-state index in [0.717, 1.165) is 4.47 Å². The molecule has 2 N–H and O–H groups in total. The maximum Gasteiger partial charge on any atom is 0.262 e. The zero-order chi connectivity index (χ0) is 15.9. The smallest absolute Gasteiger partial charge is 0.262 e. The molecule has 0 aliphatic rings. The summed E-state index contributed by atoms with van der Waals surface area (Å²) in [6.07, 6.45) is 0. The minimum absolute atomic E-state index is 0.110. The molecule has 2 aromatic carbocycles. The Kier molecular flexibility index (Phi) is 5.55. The quantitative estimate of drug-likeness (QED) is 0.859. The highest BCUT2D eigenvalue weighted by molar-refractivity contribution is 9.10. The number of rotatable bonds is 5. The number of amides is 2.